The maximum absolute atomic E-state index is 12.6. The Balaban J connectivity index is 1.27. The number of carbonyl (C=O) groups excluding carboxylic acids is 1. The van der Waals surface area contributed by atoms with Crippen LogP contribution in [0.3, 0.4) is 0 Å². The second-order valence-electron chi connectivity index (χ2n) is 7.86. The van der Waals surface area contributed by atoms with Gasteiger partial charge in [0.2, 0.25) is 5.91 Å². The highest BCUT2D eigenvalue weighted by Crippen LogP contribution is 2.32. The molecule has 1 fully saturated rings. The number of anilines is 1. The molecule has 2 heterocycles. The molecule has 0 radical (unpaired) electrons. The van der Waals surface area contributed by atoms with Gasteiger partial charge in [-0.15, -0.1) is 0 Å². The van der Waals surface area contributed by atoms with E-state index in [1.165, 1.54) is 0 Å². The standard InChI is InChI=1S/C24H31N3O4/c1-3-29-21-7-5-4-6-20(21)27-12-10-26(11-13-27)17-24(28)25-18(2)19-8-9-22-23(16-19)31-15-14-30-22/h4-9,16,18H,3,10-15,17H2,1-2H3,(H,25,28)/t18-/m1/s1. The van der Waals surface area contributed by atoms with Gasteiger partial charge in [0.1, 0.15) is 19.0 Å². The first kappa shape index (κ1) is 21.3. The molecule has 0 spiro atoms. The van der Waals surface area contributed by atoms with Crippen molar-refractivity contribution < 1.29 is 19.0 Å². The van der Waals surface area contributed by atoms with Crippen LogP contribution in [-0.2, 0) is 4.79 Å². The van der Waals surface area contributed by atoms with Gasteiger partial charge in [0.05, 0.1) is 24.9 Å². The molecule has 31 heavy (non-hydrogen) atoms. The number of piperazine rings is 1. The van der Waals surface area contributed by atoms with Gasteiger partial charge in [0, 0.05) is 26.2 Å². The summed E-state index contributed by atoms with van der Waals surface area (Å²) in [6.07, 6.45) is 0. The van der Waals surface area contributed by atoms with Crippen LogP contribution in [0.1, 0.15) is 25.5 Å². The molecule has 1 atom stereocenters. The van der Waals surface area contributed by atoms with Gasteiger partial charge in [0.15, 0.2) is 11.5 Å². The number of nitrogens with zero attached hydrogens (tertiary/aromatic N) is 2. The minimum Gasteiger partial charge on any atom is -0.492 e. The molecule has 0 saturated carbocycles. The minimum absolute atomic E-state index is 0.0329. The summed E-state index contributed by atoms with van der Waals surface area (Å²) in [6.45, 7) is 9.59. The molecule has 0 aliphatic carbocycles. The Hall–Kier alpha value is -2.93. The van der Waals surface area contributed by atoms with E-state index in [4.69, 9.17) is 14.2 Å². The Morgan fingerprint density at radius 2 is 1.81 bits per heavy atom. The molecule has 2 aliphatic rings. The number of rotatable bonds is 7. The third-order valence-electron chi connectivity index (χ3n) is 5.69. The Morgan fingerprint density at radius 1 is 1.06 bits per heavy atom. The number of hydrogen-bond donors (Lipinski definition) is 1. The second kappa shape index (κ2) is 9.92. The molecule has 1 N–H and O–H groups in total. The van der Waals surface area contributed by atoms with E-state index in [0.29, 0.717) is 26.4 Å². The minimum atomic E-state index is -0.0947. The highest BCUT2D eigenvalue weighted by atomic mass is 16.6. The molecular weight excluding hydrogens is 394 g/mol. The smallest absolute Gasteiger partial charge is 0.234 e. The van der Waals surface area contributed by atoms with Crippen molar-refractivity contribution in [2.24, 2.45) is 0 Å². The summed E-state index contributed by atoms with van der Waals surface area (Å²) in [6, 6.07) is 13.9. The first-order valence-corrected chi connectivity index (χ1v) is 11.0. The fourth-order valence-corrected chi connectivity index (χ4v) is 4.05. The lowest BCUT2D eigenvalue weighted by molar-refractivity contribution is -0.123. The average Bonchev–Trinajstić information content (AvgIpc) is 2.80. The van der Waals surface area contributed by atoms with Crippen LogP contribution in [-0.4, -0.2) is 63.4 Å². The predicted molar refractivity (Wildman–Crippen MR) is 120 cm³/mol. The third-order valence-corrected chi connectivity index (χ3v) is 5.69. The number of carbonyl (C=O) groups is 1. The lowest BCUT2D eigenvalue weighted by Crippen LogP contribution is -2.49. The van der Waals surface area contributed by atoms with Gasteiger partial charge in [-0.25, -0.2) is 0 Å². The molecule has 2 aromatic carbocycles. The molecule has 1 saturated heterocycles. The van der Waals surface area contributed by atoms with Gasteiger partial charge in [-0.2, -0.15) is 0 Å². The topological polar surface area (TPSA) is 63.3 Å². The number of fused-ring (bicyclic) bond motifs is 1. The van der Waals surface area contributed by atoms with Gasteiger partial charge in [-0.3, -0.25) is 9.69 Å². The van der Waals surface area contributed by atoms with Crippen molar-refractivity contribution in [2.45, 2.75) is 19.9 Å². The molecule has 166 valence electrons. The molecule has 0 unspecified atom stereocenters. The maximum Gasteiger partial charge on any atom is 0.234 e. The highest BCUT2D eigenvalue weighted by Gasteiger charge is 2.22. The average molecular weight is 426 g/mol. The monoisotopic (exact) mass is 425 g/mol. The van der Waals surface area contributed by atoms with E-state index in [1.807, 2.05) is 50.2 Å². The van der Waals surface area contributed by atoms with E-state index >= 15 is 0 Å². The van der Waals surface area contributed by atoms with Crippen molar-refractivity contribution in [2.75, 3.05) is 57.4 Å². The van der Waals surface area contributed by atoms with Crippen molar-refractivity contribution in [1.82, 2.24) is 10.2 Å². The Labute approximate surface area is 183 Å². The van der Waals surface area contributed by atoms with E-state index in [-0.39, 0.29) is 11.9 Å². The summed E-state index contributed by atoms with van der Waals surface area (Å²) >= 11 is 0. The maximum atomic E-state index is 12.6. The number of para-hydroxylation sites is 2. The number of amides is 1. The first-order valence-electron chi connectivity index (χ1n) is 11.0. The third kappa shape index (κ3) is 5.22. The Kier molecular flexibility index (Phi) is 6.82. The Bertz CT molecular complexity index is 896. The Morgan fingerprint density at radius 3 is 2.58 bits per heavy atom. The van der Waals surface area contributed by atoms with Gasteiger partial charge in [0.25, 0.3) is 0 Å². The molecule has 1 amide bonds. The second-order valence-corrected chi connectivity index (χ2v) is 7.86. The van der Waals surface area contributed by atoms with Crippen LogP contribution in [0.25, 0.3) is 0 Å². The molecule has 0 bridgehead atoms. The van der Waals surface area contributed by atoms with Crippen molar-refractivity contribution in [3.8, 4) is 17.2 Å². The number of hydrogen-bond acceptors (Lipinski definition) is 6. The van der Waals surface area contributed by atoms with Crippen molar-refractivity contribution >= 4 is 11.6 Å². The molecule has 2 aliphatic heterocycles. The van der Waals surface area contributed by atoms with E-state index in [0.717, 1.165) is 54.7 Å². The van der Waals surface area contributed by atoms with E-state index < -0.39 is 0 Å². The number of nitrogens with one attached hydrogen (secondary N) is 1. The lowest BCUT2D eigenvalue weighted by Gasteiger charge is -2.36. The number of benzene rings is 2. The molecule has 2 aromatic rings. The van der Waals surface area contributed by atoms with Crippen LogP contribution in [0, 0.1) is 0 Å². The molecule has 0 aromatic heterocycles. The summed E-state index contributed by atoms with van der Waals surface area (Å²) in [7, 11) is 0. The van der Waals surface area contributed by atoms with Crippen molar-refractivity contribution in [1.29, 1.82) is 0 Å². The van der Waals surface area contributed by atoms with E-state index in [9.17, 15) is 4.79 Å². The summed E-state index contributed by atoms with van der Waals surface area (Å²) in [5.41, 5.74) is 2.13. The van der Waals surface area contributed by atoms with Crippen LogP contribution in [0.15, 0.2) is 42.5 Å². The fraction of sp³-hybridized carbons (Fsp3) is 0.458. The van der Waals surface area contributed by atoms with Gasteiger partial charge in [-0.1, -0.05) is 18.2 Å². The predicted octanol–water partition coefficient (Wildman–Crippen LogP) is 2.86. The summed E-state index contributed by atoms with van der Waals surface area (Å²) < 4.78 is 17.0. The SMILES string of the molecule is CCOc1ccccc1N1CCN(CC(=O)N[C@H](C)c2ccc3c(c2)OCCO3)CC1. The normalized spacial score (nSPS) is 17.2. The van der Waals surface area contributed by atoms with Crippen LogP contribution in [0.5, 0.6) is 17.2 Å². The van der Waals surface area contributed by atoms with Gasteiger partial charge in [-0.05, 0) is 43.7 Å². The van der Waals surface area contributed by atoms with Crippen LogP contribution < -0.4 is 24.4 Å². The van der Waals surface area contributed by atoms with Crippen LogP contribution in [0.2, 0.25) is 0 Å². The first-order chi connectivity index (χ1) is 15.1. The van der Waals surface area contributed by atoms with Crippen LogP contribution >= 0.6 is 0 Å². The molecule has 7 heteroatoms. The fourth-order valence-electron chi connectivity index (χ4n) is 4.05. The zero-order chi connectivity index (χ0) is 21.6. The quantitative estimate of drug-likeness (QED) is 0.736. The highest BCUT2D eigenvalue weighted by molar-refractivity contribution is 5.78. The van der Waals surface area contributed by atoms with E-state index in [1.54, 1.807) is 0 Å². The van der Waals surface area contributed by atoms with Gasteiger partial charge >= 0.3 is 0 Å². The lowest BCUT2D eigenvalue weighted by atomic mass is 10.1. The number of ether oxygens (including phenoxy) is 3. The molecule has 4 rings (SSSR count). The summed E-state index contributed by atoms with van der Waals surface area (Å²) in [5.74, 6) is 2.46. The zero-order valence-corrected chi connectivity index (χ0v) is 18.3. The van der Waals surface area contributed by atoms with E-state index in [2.05, 4.69) is 21.2 Å². The summed E-state index contributed by atoms with van der Waals surface area (Å²) in [4.78, 5) is 17.2. The van der Waals surface area contributed by atoms with Crippen molar-refractivity contribution in [3.05, 3.63) is 48.0 Å². The van der Waals surface area contributed by atoms with Crippen LogP contribution in [0.4, 0.5) is 5.69 Å². The molecular formula is C24H31N3O4. The van der Waals surface area contributed by atoms with Crippen molar-refractivity contribution in [3.63, 3.8) is 0 Å². The summed E-state index contributed by atoms with van der Waals surface area (Å²) in [5, 5.41) is 3.11. The largest absolute Gasteiger partial charge is 0.492 e. The van der Waals surface area contributed by atoms with Gasteiger partial charge < -0.3 is 24.4 Å². The zero-order valence-electron chi connectivity index (χ0n) is 18.3. The molecule has 7 nitrogen and oxygen atoms in total.